The Morgan fingerprint density at radius 1 is 1.64 bits per heavy atom. The van der Waals surface area contributed by atoms with Gasteiger partial charge in [-0.05, 0) is 12.2 Å². The summed E-state index contributed by atoms with van der Waals surface area (Å²) < 4.78 is 7.44. The van der Waals surface area contributed by atoms with Crippen molar-refractivity contribution in [3.8, 4) is 0 Å². The predicted octanol–water partition coefficient (Wildman–Crippen LogP) is 1.01. The summed E-state index contributed by atoms with van der Waals surface area (Å²) in [7, 11) is 3.91. The Morgan fingerprint density at radius 3 is 3.29 bits per heavy atom. The second-order valence-electron chi connectivity index (χ2n) is 3.32. The summed E-state index contributed by atoms with van der Waals surface area (Å²) in [6.45, 7) is 0. The number of nitrogens with zero attached hydrogens (tertiary/aromatic N) is 3. The van der Waals surface area contributed by atoms with E-state index in [4.69, 9.17) is 0 Å². The first-order valence-corrected chi connectivity index (χ1v) is 5.13. The van der Waals surface area contributed by atoms with Gasteiger partial charge < -0.3 is 4.90 Å². The first kappa shape index (κ1) is 9.48. The molecule has 0 saturated heterocycles. The highest BCUT2D eigenvalue weighted by Gasteiger charge is 2.24. The van der Waals surface area contributed by atoms with Gasteiger partial charge in [0.15, 0.2) is 0 Å². The number of nitrogens with one attached hydrogen (secondary N) is 1. The maximum atomic E-state index is 4.38. The molecule has 0 aromatic heterocycles. The van der Waals surface area contributed by atoms with Crippen LogP contribution in [-0.4, -0.2) is 37.1 Å². The number of allylic oxidation sites excluding steroid dienone is 2. The summed E-state index contributed by atoms with van der Waals surface area (Å²) in [5.41, 5.74) is 2.05. The smallest absolute Gasteiger partial charge is 0.104 e. The van der Waals surface area contributed by atoms with Gasteiger partial charge in [0.2, 0.25) is 0 Å². The average molecular weight is 208 g/mol. The molecule has 0 spiro atoms. The van der Waals surface area contributed by atoms with Crippen molar-refractivity contribution in [3.05, 3.63) is 23.9 Å². The average Bonchev–Trinajstić information content (AvgIpc) is 2.62. The van der Waals surface area contributed by atoms with E-state index in [0.717, 1.165) is 11.4 Å². The van der Waals surface area contributed by atoms with E-state index in [1.807, 2.05) is 37.2 Å². The number of hydrogen-bond donors (Lipinski definition) is 1. The fraction of sp³-hybridized carbons (Fsp3) is 0.333. The van der Waals surface area contributed by atoms with E-state index in [2.05, 4.69) is 14.1 Å². The zero-order valence-corrected chi connectivity index (χ0v) is 8.95. The second kappa shape index (κ2) is 3.98. The van der Waals surface area contributed by atoms with Gasteiger partial charge in [-0.3, -0.25) is 0 Å². The van der Waals surface area contributed by atoms with E-state index in [9.17, 15) is 0 Å². The van der Waals surface area contributed by atoms with Crippen molar-refractivity contribution in [2.75, 3.05) is 14.1 Å². The highest BCUT2D eigenvalue weighted by atomic mass is 32.2. The lowest BCUT2D eigenvalue weighted by Crippen LogP contribution is -2.29. The molecule has 2 rings (SSSR count). The number of aliphatic imine (C=N–C) groups is 1. The maximum Gasteiger partial charge on any atom is 0.104 e. The number of hydrogen-bond acceptors (Lipinski definition) is 4. The van der Waals surface area contributed by atoms with E-state index in [0.29, 0.717) is 0 Å². The zero-order chi connectivity index (χ0) is 9.97. The van der Waals surface area contributed by atoms with Gasteiger partial charge in [-0.2, -0.15) is 0 Å². The molecule has 5 heteroatoms. The van der Waals surface area contributed by atoms with Crippen molar-refractivity contribution in [3.63, 3.8) is 0 Å². The van der Waals surface area contributed by atoms with E-state index in [-0.39, 0.29) is 6.04 Å². The Hall–Kier alpha value is -1.07. The van der Waals surface area contributed by atoms with E-state index >= 15 is 0 Å². The molecule has 4 nitrogen and oxygen atoms in total. The molecule has 1 aliphatic carbocycles. The Bertz CT molecular complexity index is 341. The lowest BCUT2D eigenvalue weighted by atomic mass is 10.0. The van der Waals surface area contributed by atoms with Crippen molar-refractivity contribution in [1.82, 2.24) is 9.62 Å². The molecule has 2 aliphatic rings. The molecule has 1 atom stereocenters. The van der Waals surface area contributed by atoms with Crippen LogP contribution in [0.1, 0.15) is 0 Å². The van der Waals surface area contributed by atoms with Crippen molar-refractivity contribution >= 4 is 24.2 Å². The lowest BCUT2D eigenvalue weighted by Gasteiger charge is -2.14. The minimum Gasteiger partial charge on any atom is -0.369 e. The summed E-state index contributed by atoms with van der Waals surface area (Å²) >= 11 is 1.38. The molecule has 74 valence electrons. The van der Waals surface area contributed by atoms with Crippen LogP contribution in [0.2, 0.25) is 0 Å². The molecule has 0 unspecified atom stereocenters. The first-order chi connectivity index (χ1) is 6.77. The van der Waals surface area contributed by atoms with Crippen LogP contribution in [0.3, 0.4) is 0 Å². The van der Waals surface area contributed by atoms with Crippen molar-refractivity contribution in [2.24, 2.45) is 9.39 Å². The molecule has 14 heavy (non-hydrogen) atoms. The van der Waals surface area contributed by atoms with Gasteiger partial charge in [-0.1, -0.05) is 6.08 Å². The molecular formula is C9H12N4S. The summed E-state index contributed by atoms with van der Waals surface area (Å²) in [5.74, 6) is 0. The van der Waals surface area contributed by atoms with Gasteiger partial charge in [0.25, 0.3) is 0 Å². The molecule has 1 heterocycles. The molecule has 1 aliphatic heterocycles. The van der Waals surface area contributed by atoms with Gasteiger partial charge >= 0.3 is 0 Å². The van der Waals surface area contributed by atoms with E-state index in [1.54, 1.807) is 6.34 Å². The molecule has 0 bridgehead atoms. The fourth-order valence-electron chi connectivity index (χ4n) is 1.22. The molecule has 0 fully saturated rings. The molecule has 0 radical (unpaired) electrons. The Morgan fingerprint density at radius 2 is 2.50 bits per heavy atom. The minimum atomic E-state index is 0.154. The molecule has 0 aromatic carbocycles. The van der Waals surface area contributed by atoms with Crippen LogP contribution in [-0.2, 0) is 0 Å². The predicted molar refractivity (Wildman–Crippen MR) is 61.4 cm³/mol. The van der Waals surface area contributed by atoms with Crippen LogP contribution < -0.4 is 4.72 Å². The van der Waals surface area contributed by atoms with Crippen LogP contribution in [0.4, 0.5) is 0 Å². The standard InChI is InChI=1S/C9H12N4S/c1-13(2)6-10-7-4-3-5-8-9(7)12-14-11-8/h3-6,9,12H,1-2H3/t9-/m0/s1. The maximum absolute atomic E-state index is 4.38. The van der Waals surface area contributed by atoms with Crippen LogP contribution in [0.25, 0.3) is 0 Å². The normalized spacial score (nSPS) is 24.9. The summed E-state index contributed by atoms with van der Waals surface area (Å²) in [5, 5.41) is 0. The van der Waals surface area contributed by atoms with Crippen molar-refractivity contribution in [2.45, 2.75) is 6.04 Å². The van der Waals surface area contributed by atoms with Crippen LogP contribution >= 0.6 is 12.1 Å². The Labute approximate surface area is 87.8 Å². The monoisotopic (exact) mass is 208 g/mol. The van der Waals surface area contributed by atoms with Gasteiger partial charge in [0.05, 0.1) is 29.9 Å². The first-order valence-electron chi connectivity index (χ1n) is 4.35. The third-order valence-electron chi connectivity index (χ3n) is 1.88. The van der Waals surface area contributed by atoms with Crippen LogP contribution in [0.5, 0.6) is 0 Å². The largest absolute Gasteiger partial charge is 0.369 e. The number of rotatable bonds is 2. The third kappa shape index (κ3) is 1.88. The molecule has 0 amide bonds. The highest BCUT2D eigenvalue weighted by Crippen LogP contribution is 2.22. The van der Waals surface area contributed by atoms with Crippen molar-refractivity contribution < 1.29 is 0 Å². The molecule has 0 saturated carbocycles. The highest BCUT2D eigenvalue weighted by molar-refractivity contribution is 7.96. The topological polar surface area (TPSA) is 40.0 Å². The quantitative estimate of drug-likeness (QED) is 0.418. The van der Waals surface area contributed by atoms with Crippen molar-refractivity contribution in [1.29, 1.82) is 0 Å². The molecular weight excluding hydrogens is 196 g/mol. The summed E-state index contributed by atoms with van der Waals surface area (Å²) in [4.78, 5) is 6.29. The molecule has 0 aromatic rings. The van der Waals surface area contributed by atoms with E-state index in [1.165, 1.54) is 12.1 Å². The van der Waals surface area contributed by atoms with Gasteiger partial charge in [0.1, 0.15) is 6.04 Å². The second-order valence-corrected chi connectivity index (χ2v) is 3.92. The van der Waals surface area contributed by atoms with E-state index < -0.39 is 0 Å². The van der Waals surface area contributed by atoms with Crippen LogP contribution in [0.15, 0.2) is 33.3 Å². The summed E-state index contributed by atoms with van der Waals surface area (Å²) in [6, 6.07) is 0.154. The Kier molecular flexibility index (Phi) is 2.69. The minimum absolute atomic E-state index is 0.154. The Balaban J connectivity index is 2.15. The van der Waals surface area contributed by atoms with Crippen LogP contribution in [0, 0.1) is 0 Å². The number of fused-ring (bicyclic) bond motifs is 1. The fourth-order valence-corrected chi connectivity index (χ4v) is 1.90. The zero-order valence-electron chi connectivity index (χ0n) is 8.14. The summed E-state index contributed by atoms with van der Waals surface area (Å²) in [6.07, 6.45) is 7.79. The lowest BCUT2D eigenvalue weighted by molar-refractivity contribution is 0.641. The third-order valence-corrected chi connectivity index (χ3v) is 2.53. The molecule has 1 N–H and O–H groups in total. The van der Waals surface area contributed by atoms with Gasteiger partial charge in [0, 0.05) is 14.1 Å². The van der Waals surface area contributed by atoms with Gasteiger partial charge in [-0.25, -0.2) is 14.1 Å². The van der Waals surface area contributed by atoms with Gasteiger partial charge in [-0.15, -0.1) is 0 Å². The SMILES string of the molecule is CN(C)C=NC1=CC=CC2=NSN[C@@H]12.